The van der Waals surface area contributed by atoms with Crippen molar-refractivity contribution in [2.24, 2.45) is 5.10 Å². The average molecular weight is 369 g/mol. The molecule has 0 unspecified atom stereocenters. The number of carbonyl (C=O) groups excluding carboxylic acids is 1. The molecule has 7 nitrogen and oxygen atoms in total. The Morgan fingerprint density at radius 3 is 2.81 bits per heavy atom. The number of carbonyl (C=O) groups is 2. The highest BCUT2D eigenvalue weighted by Crippen LogP contribution is 2.14. The second-order valence-corrected chi connectivity index (χ2v) is 5.56. The summed E-state index contributed by atoms with van der Waals surface area (Å²) in [5.41, 5.74) is 4.10. The molecule has 1 aromatic carbocycles. The Kier molecular flexibility index (Phi) is 5.09. The van der Waals surface area contributed by atoms with Gasteiger partial charge in [-0.3, -0.25) is 4.79 Å². The summed E-state index contributed by atoms with van der Waals surface area (Å²) in [6.45, 7) is 0. The maximum absolute atomic E-state index is 12.0. The fourth-order valence-corrected chi connectivity index (χ4v) is 2.50. The molecular formula is C18H13ClN4O3. The highest BCUT2D eigenvalue weighted by molar-refractivity contribution is 6.32. The van der Waals surface area contributed by atoms with E-state index >= 15 is 0 Å². The second kappa shape index (κ2) is 7.62. The molecule has 0 aliphatic carbocycles. The Morgan fingerprint density at radius 1 is 1.19 bits per heavy atom. The molecule has 0 radical (unpaired) electrons. The molecule has 130 valence electrons. The van der Waals surface area contributed by atoms with Gasteiger partial charge < -0.3 is 9.67 Å². The smallest absolute Gasteiger partial charge is 0.335 e. The molecule has 2 heterocycles. The van der Waals surface area contributed by atoms with E-state index in [1.165, 1.54) is 18.5 Å². The number of hydrogen-bond donors (Lipinski definition) is 2. The molecule has 0 saturated heterocycles. The highest BCUT2D eigenvalue weighted by Gasteiger charge is 2.10. The van der Waals surface area contributed by atoms with Gasteiger partial charge in [-0.25, -0.2) is 15.2 Å². The minimum Gasteiger partial charge on any atom is -0.478 e. The molecule has 2 aromatic heterocycles. The molecule has 3 rings (SSSR count). The van der Waals surface area contributed by atoms with Crippen LogP contribution in [-0.2, 0) is 0 Å². The Balaban J connectivity index is 1.78. The number of pyridine rings is 1. The van der Waals surface area contributed by atoms with Gasteiger partial charge in [0.2, 0.25) is 0 Å². The number of benzene rings is 1. The number of carboxylic acids is 1. The molecule has 0 aliphatic heterocycles. The van der Waals surface area contributed by atoms with Gasteiger partial charge in [-0.1, -0.05) is 17.7 Å². The molecule has 3 aromatic rings. The van der Waals surface area contributed by atoms with Crippen LogP contribution in [0, 0.1) is 0 Å². The fourth-order valence-electron chi connectivity index (χ4n) is 2.30. The van der Waals surface area contributed by atoms with Gasteiger partial charge in [-0.15, -0.1) is 0 Å². The summed E-state index contributed by atoms with van der Waals surface area (Å²) in [4.78, 5) is 27.0. The van der Waals surface area contributed by atoms with E-state index in [0.717, 1.165) is 0 Å². The van der Waals surface area contributed by atoms with Crippen LogP contribution in [0.3, 0.4) is 0 Å². The topological polar surface area (TPSA) is 96.6 Å². The Morgan fingerprint density at radius 2 is 2.04 bits per heavy atom. The van der Waals surface area contributed by atoms with Gasteiger partial charge in [0.1, 0.15) is 5.15 Å². The summed E-state index contributed by atoms with van der Waals surface area (Å²) < 4.78 is 1.75. The lowest BCUT2D eigenvalue weighted by atomic mass is 10.2. The van der Waals surface area contributed by atoms with Crippen LogP contribution in [0.5, 0.6) is 0 Å². The first-order valence-electron chi connectivity index (χ1n) is 7.51. The van der Waals surface area contributed by atoms with E-state index in [9.17, 15) is 9.59 Å². The largest absolute Gasteiger partial charge is 0.478 e. The minimum absolute atomic E-state index is 0.0917. The number of rotatable bonds is 5. The minimum atomic E-state index is -1.00. The maximum atomic E-state index is 12.0. The van der Waals surface area contributed by atoms with Crippen molar-refractivity contribution in [3.05, 3.63) is 82.9 Å². The number of halogens is 1. The fraction of sp³-hybridized carbons (Fsp3) is 0. The van der Waals surface area contributed by atoms with Crippen LogP contribution in [0.15, 0.2) is 66.0 Å². The molecule has 0 atom stereocenters. The Labute approximate surface area is 153 Å². The van der Waals surface area contributed by atoms with E-state index in [4.69, 9.17) is 16.7 Å². The summed E-state index contributed by atoms with van der Waals surface area (Å²) in [5, 5.41) is 13.1. The van der Waals surface area contributed by atoms with Crippen LogP contribution in [0.4, 0.5) is 0 Å². The van der Waals surface area contributed by atoms with E-state index < -0.39 is 11.9 Å². The van der Waals surface area contributed by atoms with Crippen molar-refractivity contribution < 1.29 is 14.7 Å². The van der Waals surface area contributed by atoms with E-state index in [0.29, 0.717) is 11.4 Å². The molecule has 8 heteroatoms. The molecule has 1 amide bonds. The molecule has 2 N–H and O–H groups in total. The van der Waals surface area contributed by atoms with Crippen molar-refractivity contribution in [1.82, 2.24) is 15.0 Å². The summed E-state index contributed by atoms with van der Waals surface area (Å²) in [6, 6.07) is 13.2. The monoisotopic (exact) mass is 368 g/mol. The molecule has 0 saturated carbocycles. The van der Waals surface area contributed by atoms with Gasteiger partial charge in [0, 0.05) is 18.1 Å². The van der Waals surface area contributed by atoms with Crippen LogP contribution in [0.1, 0.15) is 26.4 Å². The number of amides is 1. The summed E-state index contributed by atoms with van der Waals surface area (Å²) in [6.07, 6.45) is 4.71. The van der Waals surface area contributed by atoms with Gasteiger partial charge in [0.05, 0.1) is 23.0 Å². The third-order valence-corrected chi connectivity index (χ3v) is 3.82. The molecule has 0 spiro atoms. The van der Waals surface area contributed by atoms with E-state index in [-0.39, 0.29) is 16.3 Å². The van der Waals surface area contributed by atoms with Gasteiger partial charge in [0.25, 0.3) is 5.91 Å². The first-order chi connectivity index (χ1) is 12.6. The van der Waals surface area contributed by atoms with Crippen LogP contribution in [-0.4, -0.2) is 32.7 Å². The molecule has 0 aliphatic rings. The first-order valence-corrected chi connectivity index (χ1v) is 7.89. The van der Waals surface area contributed by atoms with Gasteiger partial charge >= 0.3 is 5.97 Å². The highest BCUT2D eigenvalue weighted by atomic mass is 35.5. The third kappa shape index (κ3) is 3.79. The van der Waals surface area contributed by atoms with Crippen molar-refractivity contribution in [3.63, 3.8) is 0 Å². The van der Waals surface area contributed by atoms with E-state index in [2.05, 4.69) is 15.5 Å². The lowest BCUT2D eigenvalue weighted by Crippen LogP contribution is -2.18. The number of nitrogens with one attached hydrogen (secondary N) is 1. The summed E-state index contributed by atoms with van der Waals surface area (Å²) in [7, 11) is 0. The lowest BCUT2D eigenvalue weighted by molar-refractivity contribution is 0.0696. The predicted molar refractivity (Wildman–Crippen MR) is 97.0 cm³/mol. The zero-order valence-electron chi connectivity index (χ0n) is 13.3. The summed E-state index contributed by atoms with van der Waals surface area (Å²) in [5.74, 6) is -1.49. The standard InChI is InChI=1S/C18H13ClN4O3/c19-16-15(7-2-8-20-16)17(24)22-21-11-14-6-3-9-23(14)13-5-1-4-12(10-13)18(25)26/h1-11H,(H,22,24)(H,25,26). The van der Waals surface area contributed by atoms with Gasteiger partial charge in [0.15, 0.2) is 0 Å². The first kappa shape index (κ1) is 17.4. The SMILES string of the molecule is O=C(O)c1cccc(-n2cccc2C=NNC(=O)c2cccnc2Cl)c1. The maximum Gasteiger partial charge on any atom is 0.335 e. The van der Waals surface area contributed by atoms with E-state index in [1.807, 2.05) is 0 Å². The van der Waals surface area contributed by atoms with Gasteiger partial charge in [-0.2, -0.15) is 5.10 Å². The molecular weight excluding hydrogens is 356 g/mol. The van der Waals surface area contributed by atoms with Crippen molar-refractivity contribution in [2.45, 2.75) is 0 Å². The lowest BCUT2D eigenvalue weighted by Gasteiger charge is -2.07. The zero-order valence-corrected chi connectivity index (χ0v) is 14.1. The van der Waals surface area contributed by atoms with Crippen LogP contribution in [0.2, 0.25) is 5.15 Å². The molecule has 26 heavy (non-hydrogen) atoms. The molecule has 0 fully saturated rings. The second-order valence-electron chi connectivity index (χ2n) is 5.20. The van der Waals surface area contributed by atoms with Crippen LogP contribution >= 0.6 is 11.6 Å². The Bertz CT molecular complexity index is 997. The number of hydrazone groups is 1. The van der Waals surface area contributed by atoms with Crippen LogP contribution < -0.4 is 5.43 Å². The van der Waals surface area contributed by atoms with Crippen molar-refractivity contribution in [2.75, 3.05) is 0 Å². The number of aromatic carboxylic acids is 1. The zero-order chi connectivity index (χ0) is 18.5. The van der Waals surface area contributed by atoms with Crippen molar-refractivity contribution in [1.29, 1.82) is 0 Å². The van der Waals surface area contributed by atoms with E-state index in [1.54, 1.807) is 53.2 Å². The Hall–Kier alpha value is -3.45. The number of nitrogens with zero attached hydrogens (tertiary/aromatic N) is 3. The van der Waals surface area contributed by atoms with Crippen molar-refractivity contribution in [3.8, 4) is 5.69 Å². The quantitative estimate of drug-likeness (QED) is 0.411. The van der Waals surface area contributed by atoms with Crippen LogP contribution in [0.25, 0.3) is 5.69 Å². The van der Waals surface area contributed by atoms with Crippen molar-refractivity contribution >= 4 is 29.7 Å². The third-order valence-electron chi connectivity index (χ3n) is 3.52. The summed E-state index contributed by atoms with van der Waals surface area (Å²) >= 11 is 5.87. The average Bonchev–Trinajstić information content (AvgIpc) is 3.10. The number of aromatic nitrogens is 2. The normalized spacial score (nSPS) is 10.8. The predicted octanol–water partition coefficient (Wildman–Crippen LogP) is 2.99. The number of carboxylic acid groups (broad SMARTS) is 1. The molecule has 0 bridgehead atoms. The van der Waals surface area contributed by atoms with Gasteiger partial charge in [-0.05, 0) is 42.5 Å². The number of hydrogen-bond acceptors (Lipinski definition) is 4.